The molecule has 3 rings (SSSR count). The van der Waals surface area contributed by atoms with Gasteiger partial charge in [0, 0.05) is 12.6 Å². The van der Waals surface area contributed by atoms with Gasteiger partial charge < -0.3 is 9.09 Å². The third-order valence-corrected chi connectivity index (χ3v) is 4.58. The molecule has 0 atom stereocenters. The normalized spacial score (nSPS) is 11.3. The first-order chi connectivity index (χ1) is 9.19. The fraction of sp³-hybridized carbons (Fsp3) is 0.250. The van der Waals surface area contributed by atoms with Crippen molar-refractivity contribution in [2.24, 2.45) is 0 Å². The van der Waals surface area contributed by atoms with Crippen LogP contribution in [0, 0.1) is 0 Å². The van der Waals surface area contributed by atoms with E-state index in [1.54, 1.807) is 22.1 Å². The highest BCUT2D eigenvalue weighted by Gasteiger charge is 2.11. The molecule has 0 fully saturated rings. The number of aromatic nitrogens is 3. The van der Waals surface area contributed by atoms with Gasteiger partial charge in [0.25, 0.3) is 5.56 Å². The molecule has 98 valence electrons. The maximum Gasteiger partial charge on any atom is 0.259 e. The Morgan fingerprint density at radius 1 is 1.53 bits per heavy atom. The average Bonchev–Trinajstić information content (AvgIpc) is 3.04. The van der Waals surface area contributed by atoms with Gasteiger partial charge in [-0.15, -0.1) is 11.3 Å². The van der Waals surface area contributed by atoms with Gasteiger partial charge in [0.2, 0.25) is 5.89 Å². The van der Waals surface area contributed by atoms with Gasteiger partial charge >= 0.3 is 0 Å². The minimum absolute atomic E-state index is 0.0395. The first-order valence-electron chi connectivity index (χ1n) is 5.76. The van der Waals surface area contributed by atoms with Gasteiger partial charge in [0.15, 0.2) is 5.82 Å². The van der Waals surface area contributed by atoms with Gasteiger partial charge in [0.1, 0.15) is 0 Å². The molecule has 3 aromatic rings. The van der Waals surface area contributed by atoms with E-state index >= 15 is 0 Å². The minimum atomic E-state index is -0.0395. The topological polar surface area (TPSA) is 60.9 Å². The number of nitrogens with zero attached hydrogens (tertiary/aromatic N) is 3. The van der Waals surface area contributed by atoms with Crippen LogP contribution in [0.25, 0.3) is 10.1 Å². The predicted molar refractivity (Wildman–Crippen MR) is 76.6 cm³/mol. The highest BCUT2D eigenvalue weighted by molar-refractivity contribution is 9.10. The number of hydrogen-bond acceptors (Lipinski definition) is 5. The van der Waals surface area contributed by atoms with Crippen molar-refractivity contribution in [3.8, 4) is 0 Å². The lowest BCUT2D eigenvalue weighted by atomic mass is 10.3. The van der Waals surface area contributed by atoms with Crippen LogP contribution in [-0.4, -0.2) is 14.7 Å². The summed E-state index contributed by atoms with van der Waals surface area (Å²) in [5, 5.41) is 6.48. The summed E-state index contributed by atoms with van der Waals surface area (Å²) in [6, 6.07) is 1.83. The third-order valence-electron chi connectivity index (χ3n) is 2.77. The van der Waals surface area contributed by atoms with Gasteiger partial charge in [0.05, 0.1) is 21.1 Å². The lowest BCUT2D eigenvalue weighted by Gasteiger charge is -2.04. The van der Waals surface area contributed by atoms with Crippen molar-refractivity contribution < 1.29 is 4.52 Å². The van der Waals surface area contributed by atoms with Crippen LogP contribution in [0.1, 0.15) is 18.6 Å². The number of pyridine rings is 1. The largest absolute Gasteiger partial charge is 0.339 e. The summed E-state index contributed by atoms with van der Waals surface area (Å²) in [5.41, 5.74) is -0.0395. The molecule has 0 bridgehead atoms. The van der Waals surface area contributed by atoms with Crippen molar-refractivity contribution >= 4 is 37.4 Å². The maximum absolute atomic E-state index is 12.3. The van der Waals surface area contributed by atoms with Crippen molar-refractivity contribution in [1.82, 2.24) is 14.7 Å². The fourth-order valence-corrected chi connectivity index (χ4v) is 3.37. The number of fused-ring (bicyclic) bond motifs is 1. The fourth-order valence-electron chi connectivity index (χ4n) is 1.84. The standard InChI is InChI=1S/C12H10BrN3O2S/c1-2-10-14-9(15-18-10)6-16-5-8(13)11-7(12(16)17)3-4-19-11/h3-5H,2,6H2,1H3. The van der Waals surface area contributed by atoms with Crippen molar-refractivity contribution in [3.05, 3.63) is 44.2 Å². The molecule has 0 N–H and O–H groups in total. The first kappa shape index (κ1) is 12.6. The molecule has 0 aliphatic rings. The summed E-state index contributed by atoms with van der Waals surface area (Å²) in [5.74, 6) is 1.10. The van der Waals surface area contributed by atoms with E-state index in [0.29, 0.717) is 30.1 Å². The highest BCUT2D eigenvalue weighted by Crippen LogP contribution is 2.26. The quantitative estimate of drug-likeness (QED) is 0.736. The molecule has 0 saturated heterocycles. The number of thiophene rings is 1. The smallest absolute Gasteiger partial charge is 0.259 e. The monoisotopic (exact) mass is 339 g/mol. The summed E-state index contributed by atoms with van der Waals surface area (Å²) in [4.78, 5) is 16.5. The third kappa shape index (κ3) is 2.23. The Bertz CT molecular complexity index is 790. The number of hydrogen-bond donors (Lipinski definition) is 0. The molecule has 0 saturated carbocycles. The van der Waals surface area contributed by atoms with Gasteiger partial charge in [-0.2, -0.15) is 4.98 Å². The molecule has 0 aliphatic carbocycles. The van der Waals surface area contributed by atoms with E-state index in [1.165, 1.54) is 0 Å². The lowest BCUT2D eigenvalue weighted by molar-refractivity contribution is 0.375. The SMILES string of the molecule is CCc1nc(Cn2cc(Br)c3sccc3c2=O)no1. The van der Waals surface area contributed by atoms with E-state index in [1.807, 2.05) is 18.4 Å². The summed E-state index contributed by atoms with van der Waals surface area (Å²) in [7, 11) is 0. The molecule has 19 heavy (non-hydrogen) atoms. The molecular formula is C12H10BrN3O2S. The van der Waals surface area contributed by atoms with Crippen LogP contribution in [0.5, 0.6) is 0 Å². The zero-order valence-corrected chi connectivity index (χ0v) is 12.5. The molecule has 0 radical (unpaired) electrons. The van der Waals surface area contributed by atoms with Crippen LogP contribution in [0.3, 0.4) is 0 Å². The van der Waals surface area contributed by atoms with Crippen LogP contribution in [-0.2, 0) is 13.0 Å². The van der Waals surface area contributed by atoms with Crippen LogP contribution < -0.4 is 5.56 Å². The average molecular weight is 340 g/mol. The summed E-state index contributed by atoms with van der Waals surface area (Å²) in [6.07, 6.45) is 2.46. The first-order valence-corrected chi connectivity index (χ1v) is 7.44. The molecule has 0 aliphatic heterocycles. The predicted octanol–water partition coefficient (Wildman–Crippen LogP) is 2.82. The molecule has 0 spiro atoms. The van der Waals surface area contributed by atoms with Gasteiger partial charge in [-0.05, 0) is 27.4 Å². The van der Waals surface area contributed by atoms with E-state index in [4.69, 9.17) is 4.52 Å². The van der Waals surface area contributed by atoms with E-state index in [9.17, 15) is 4.79 Å². The number of halogens is 1. The maximum atomic E-state index is 12.3. The molecule has 3 aromatic heterocycles. The van der Waals surface area contributed by atoms with Gasteiger partial charge in [-0.3, -0.25) is 4.79 Å². The molecule has 7 heteroatoms. The molecule has 5 nitrogen and oxygen atoms in total. The van der Waals surface area contributed by atoms with Gasteiger partial charge in [-0.25, -0.2) is 0 Å². The van der Waals surface area contributed by atoms with Gasteiger partial charge in [-0.1, -0.05) is 12.1 Å². The molecular weight excluding hydrogens is 330 g/mol. The zero-order chi connectivity index (χ0) is 13.4. The van der Waals surface area contributed by atoms with Crippen LogP contribution >= 0.6 is 27.3 Å². The van der Waals surface area contributed by atoms with E-state index in [0.717, 1.165) is 9.17 Å². The summed E-state index contributed by atoms with van der Waals surface area (Å²) < 4.78 is 8.49. The Hall–Kier alpha value is -1.47. The Morgan fingerprint density at radius 3 is 3.11 bits per heavy atom. The second kappa shape index (κ2) is 4.90. The van der Waals surface area contributed by atoms with Crippen LogP contribution in [0.15, 0.2) is 31.4 Å². The van der Waals surface area contributed by atoms with Crippen molar-refractivity contribution in [2.75, 3.05) is 0 Å². The molecule has 0 amide bonds. The molecule has 0 unspecified atom stereocenters. The lowest BCUT2D eigenvalue weighted by Crippen LogP contribution is -2.20. The molecule has 0 aromatic carbocycles. The van der Waals surface area contributed by atoms with Crippen molar-refractivity contribution in [1.29, 1.82) is 0 Å². The van der Waals surface area contributed by atoms with E-state index in [2.05, 4.69) is 26.1 Å². The molecule has 3 heterocycles. The second-order valence-corrected chi connectivity index (χ2v) is 5.80. The van der Waals surface area contributed by atoms with Crippen molar-refractivity contribution in [3.63, 3.8) is 0 Å². The van der Waals surface area contributed by atoms with E-state index in [-0.39, 0.29) is 5.56 Å². The summed E-state index contributed by atoms with van der Waals surface area (Å²) in [6.45, 7) is 2.25. The second-order valence-electron chi connectivity index (χ2n) is 4.03. The Balaban J connectivity index is 2.05. The van der Waals surface area contributed by atoms with Crippen LogP contribution in [0.4, 0.5) is 0 Å². The van der Waals surface area contributed by atoms with E-state index < -0.39 is 0 Å². The Labute approximate surface area is 121 Å². The van der Waals surface area contributed by atoms with Crippen LogP contribution in [0.2, 0.25) is 0 Å². The van der Waals surface area contributed by atoms with Crippen molar-refractivity contribution in [2.45, 2.75) is 19.9 Å². The Morgan fingerprint density at radius 2 is 2.37 bits per heavy atom. The summed E-state index contributed by atoms with van der Waals surface area (Å²) >= 11 is 5.02. The Kier molecular flexibility index (Phi) is 3.24. The number of aryl methyl sites for hydroxylation is 1. The highest BCUT2D eigenvalue weighted by atomic mass is 79.9. The zero-order valence-electron chi connectivity index (χ0n) is 10.1. The number of rotatable bonds is 3. The minimum Gasteiger partial charge on any atom is -0.339 e.